The molecule has 1 heterocycles. The molecule has 0 fully saturated rings. The van der Waals surface area contributed by atoms with Crippen LogP contribution in [0.3, 0.4) is 0 Å². The molecule has 2 N–H and O–H groups in total. The van der Waals surface area contributed by atoms with Crippen LogP contribution in [0.15, 0.2) is 52.9 Å². The highest BCUT2D eigenvalue weighted by Gasteiger charge is 2.24. The third-order valence-corrected chi connectivity index (χ3v) is 3.84. The van der Waals surface area contributed by atoms with Gasteiger partial charge < -0.3 is 24.1 Å². The average Bonchev–Trinajstić information content (AvgIpc) is 3.08. The van der Waals surface area contributed by atoms with Gasteiger partial charge in [0.1, 0.15) is 22.7 Å². The Morgan fingerprint density at radius 2 is 1.76 bits per heavy atom. The van der Waals surface area contributed by atoms with Gasteiger partial charge in [0.2, 0.25) is 0 Å². The highest BCUT2D eigenvalue weighted by Crippen LogP contribution is 2.36. The van der Waals surface area contributed by atoms with E-state index in [2.05, 4.69) is 0 Å². The fourth-order valence-corrected chi connectivity index (χ4v) is 2.60. The molecule has 1 atom stereocenters. The van der Waals surface area contributed by atoms with Crippen LogP contribution in [0.25, 0.3) is 22.3 Å². The molecule has 1 aromatic heterocycles. The van der Waals surface area contributed by atoms with E-state index in [4.69, 9.17) is 24.1 Å². The molecule has 3 rings (SSSR count). The third kappa shape index (κ3) is 5.36. The van der Waals surface area contributed by atoms with E-state index in [1.165, 1.54) is 6.92 Å². The Bertz CT molecular complexity index is 960. The topological polar surface area (TPSA) is 106 Å². The number of carboxylic acids is 1. The fourth-order valence-electron chi connectivity index (χ4n) is 2.60. The van der Waals surface area contributed by atoms with Crippen LogP contribution in [0.5, 0.6) is 5.75 Å². The molecule has 0 spiro atoms. The molecular weight excluding hydrogens is 376 g/mol. The number of carbonyl (C=O) groups excluding carboxylic acids is 1. The molecule has 2 aromatic carbocycles. The lowest BCUT2D eigenvalue weighted by molar-refractivity contribution is -0.144. The summed E-state index contributed by atoms with van der Waals surface area (Å²) in [7, 11) is 0. The number of hydrogen-bond donors (Lipinski definition) is 2. The smallest absolute Gasteiger partial charge is 0.344 e. The van der Waals surface area contributed by atoms with E-state index >= 15 is 0 Å². The third-order valence-electron chi connectivity index (χ3n) is 3.84. The highest BCUT2D eigenvalue weighted by molar-refractivity contribution is 6.09. The van der Waals surface area contributed by atoms with Crippen molar-refractivity contribution < 1.29 is 33.7 Å². The first-order chi connectivity index (χ1) is 13.9. The zero-order valence-corrected chi connectivity index (χ0v) is 16.5. The lowest BCUT2D eigenvalue weighted by atomic mass is 10.1. The van der Waals surface area contributed by atoms with Crippen molar-refractivity contribution in [3.05, 3.63) is 54.1 Å². The summed E-state index contributed by atoms with van der Waals surface area (Å²) in [6.45, 7) is 5.32. The van der Waals surface area contributed by atoms with Gasteiger partial charge in [0.15, 0.2) is 6.10 Å². The zero-order chi connectivity index (χ0) is 21.4. The molecule has 3 aromatic rings. The summed E-state index contributed by atoms with van der Waals surface area (Å²) in [6.07, 6.45) is -1.01. The predicted octanol–water partition coefficient (Wildman–Crippen LogP) is 4.13. The quantitative estimate of drug-likeness (QED) is 0.599. The van der Waals surface area contributed by atoms with Crippen LogP contribution >= 0.6 is 0 Å². The number of carbonyl (C=O) groups is 2. The van der Waals surface area contributed by atoms with Crippen molar-refractivity contribution in [2.45, 2.75) is 26.9 Å². The van der Waals surface area contributed by atoms with E-state index < -0.39 is 18.0 Å². The number of ether oxygens (including phenoxy) is 2. The van der Waals surface area contributed by atoms with Gasteiger partial charge >= 0.3 is 11.9 Å². The largest absolute Gasteiger partial charge is 0.479 e. The van der Waals surface area contributed by atoms with Gasteiger partial charge in [-0.2, -0.15) is 0 Å². The molecule has 7 nitrogen and oxygen atoms in total. The number of furan rings is 1. The Morgan fingerprint density at radius 1 is 1.10 bits per heavy atom. The van der Waals surface area contributed by atoms with E-state index in [1.807, 2.05) is 30.3 Å². The molecule has 0 amide bonds. The molecule has 7 heteroatoms. The number of aliphatic hydroxyl groups excluding tert-OH is 1. The van der Waals surface area contributed by atoms with E-state index in [9.17, 15) is 9.59 Å². The molecule has 154 valence electrons. The molecule has 0 saturated heterocycles. The monoisotopic (exact) mass is 400 g/mol. The van der Waals surface area contributed by atoms with Crippen LogP contribution < -0.4 is 4.74 Å². The number of benzene rings is 2. The van der Waals surface area contributed by atoms with Crippen LogP contribution in [-0.2, 0) is 9.53 Å². The van der Waals surface area contributed by atoms with Crippen molar-refractivity contribution in [3.63, 3.8) is 0 Å². The summed E-state index contributed by atoms with van der Waals surface area (Å²) in [5.41, 5.74) is 1.52. The normalized spacial score (nSPS) is 11.3. The van der Waals surface area contributed by atoms with Crippen molar-refractivity contribution in [1.82, 2.24) is 0 Å². The maximum absolute atomic E-state index is 12.5. The maximum Gasteiger partial charge on any atom is 0.344 e. The molecule has 0 bridgehead atoms. The average molecular weight is 400 g/mol. The number of fused-ring (bicyclic) bond motifs is 1. The van der Waals surface area contributed by atoms with Crippen LogP contribution in [0.4, 0.5) is 0 Å². The Balaban J connectivity index is 0.000000941. The Labute approximate surface area is 168 Å². The number of aliphatic hydroxyl groups is 1. The number of carboxylic acid groups (broad SMARTS) is 1. The zero-order valence-electron chi connectivity index (χ0n) is 16.5. The van der Waals surface area contributed by atoms with Crippen LogP contribution in [0, 0.1) is 0 Å². The second kappa shape index (κ2) is 10.3. The number of esters is 1. The summed E-state index contributed by atoms with van der Waals surface area (Å²) < 4.78 is 16.5. The summed E-state index contributed by atoms with van der Waals surface area (Å²) in [6, 6.07) is 14.1. The first kappa shape index (κ1) is 22.0. The predicted molar refractivity (Wildman–Crippen MR) is 108 cm³/mol. The SMILES string of the molecule is CCO.CCOC(=O)c1c(-c2ccccc2)oc2ccc(OC(C)C(=O)O)cc12. The van der Waals surface area contributed by atoms with Crippen molar-refractivity contribution in [3.8, 4) is 17.1 Å². The molecule has 0 saturated carbocycles. The maximum atomic E-state index is 12.5. The van der Waals surface area contributed by atoms with Crippen LogP contribution in [0.2, 0.25) is 0 Å². The number of aliphatic carboxylic acids is 1. The van der Waals surface area contributed by atoms with Gasteiger partial charge in [-0.1, -0.05) is 30.3 Å². The Kier molecular flexibility index (Phi) is 7.79. The van der Waals surface area contributed by atoms with Crippen molar-refractivity contribution in [1.29, 1.82) is 0 Å². The first-order valence-electron chi connectivity index (χ1n) is 9.22. The minimum absolute atomic E-state index is 0.228. The highest BCUT2D eigenvalue weighted by atomic mass is 16.5. The number of rotatable bonds is 6. The summed E-state index contributed by atoms with van der Waals surface area (Å²) in [4.78, 5) is 23.5. The van der Waals surface area contributed by atoms with Gasteiger partial charge in [-0.15, -0.1) is 0 Å². The summed E-state index contributed by atoms with van der Waals surface area (Å²) in [5.74, 6) is -0.845. The molecule has 0 radical (unpaired) electrons. The second-order valence-electron chi connectivity index (χ2n) is 5.97. The number of hydrogen-bond acceptors (Lipinski definition) is 6. The van der Waals surface area contributed by atoms with Crippen molar-refractivity contribution in [2.24, 2.45) is 0 Å². The first-order valence-corrected chi connectivity index (χ1v) is 9.22. The van der Waals surface area contributed by atoms with Crippen LogP contribution in [-0.4, -0.2) is 41.5 Å². The Morgan fingerprint density at radius 3 is 2.34 bits per heavy atom. The molecule has 0 aliphatic carbocycles. The van der Waals surface area contributed by atoms with Gasteiger partial charge in [-0.3, -0.25) is 0 Å². The standard InChI is InChI=1S/C20H18O6.C2H6O/c1-3-24-20(23)17-15-11-14(25-12(2)19(21)22)9-10-16(15)26-18(17)13-7-5-4-6-8-13;1-2-3/h4-12H,3H2,1-2H3,(H,21,22);3H,2H2,1H3. The lowest BCUT2D eigenvalue weighted by Gasteiger charge is -2.10. The van der Waals surface area contributed by atoms with Crippen molar-refractivity contribution in [2.75, 3.05) is 13.2 Å². The van der Waals surface area contributed by atoms with Gasteiger partial charge in [-0.05, 0) is 39.0 Å². The molecule has 0 aliphatic rings. The minimum atomic E-state index is -1.08. The molecule has 29 heavy (non-hydrogen) atoms. The van der Waals surface area contributed by atoms with E-state index in [1.54, 1.807) is 32.0 Å². The molecule has 1 unspecified atom stereocenters. The fraction of sp³-hybridized carbons (Fsp3) is 0.273. The van der Waals surface area contributed by atoms with E-state index in [-0.39, 0.29) is 13.2 Å². The molecule has 0 aliphatic heterocycles. The lowest BCUT2D eigenvalue weighted by Crippen LogP contribution is -2.22. The van der Waals surface area contributed by atoms with Gasteiger partial charge in [-0.25, -0.2) is 9.59 Å². The minimum Gasteiger partial charge on any atom is -0.479 e. The van der Waals surface area contributed by atoms with Crippen LogP contribution in [0.1, 0.15) is 31.1 Å². The van der Waals surface area contributed by atoms with E-state index in [0.717, 1.165) is 5.56 Å². The summed E-state index contributed by atoms with van der Waals surface area (Å²) >= 11 is 0. The Hall–Kier alpha value is -3.32. The van der Waals surface area contributed by atoms with Gasteiger partial charge in [0.25, 0.3) is 0 Å². The molecular formula is C22H24O7. The van der Waals surface area contributed by atoms with Gasteiger partial charge in [0.05, 0.1) is 6.61 Å². The van der Waals surface area contributed by atoms with E-state index in [0.29, 0.717) is 28.0 Å². The van der Waals surface area contributed by atoms with Gasteiger partial charge in [0, 0.05) is 17.6 Å². The second-order valence-corrected chi connectivity index (χ2v) is 5.97. The van der Waals surface area contributed by atoms with Crippen molar-refractivity contribution >= 4 is 22.9 Å². The summed E-state index contributed by atoms with van der Waals surface area (Å²) in [5, 5.41) is 17.1.